The van der Waals surface area contributed by atoms with Crippen LogP contribution in [0.5, 0.6) is 0 Å². The molecule has 84 valence electrons. The van der Waals surface area contributed by atoms with Crippen molar-refractivity contribution >= 4 is 17.1 Å². The minimum Gasteiger partial charge on any atom is -0.355 e. The van der Waals surface area contributed by atoms with Crippen LogP contribution in [0.15, 0.2) is 0 Å². The van der Waals surface area contributed by atoms with E-state index in [4.69, 9.17) is 9.47 Å². The summed E-state index contributed by atoms with van der Waals surface area (Å²) in [6, 6.07) is 0. The Morgan fingerprint density at radius 1 is 1.40 bits per heavy atom. The summed E-state index contributed by atoms with van der Waals surface area (Å²) in [6.45, 7) is 3.73. The van der Waals surface area contributed by atoms with Crippen molar-refractivity contribution in [1.29, 1.82) is 0 Å². The summed E-state index contributed by atoms with van der Waals surface area (Å²) >= 11 is 1.41. The highest BCUT2D eigenvalue weighted by molar-refractivity contribution is 7.13. The van der Waals surface area contributed by atoms with Gasteiger partial charge < -0.3 is 9.47 Å². The molecular weight excluding hydrogens is 214 g/mol. The van der Waals surface area contributed by atoms with Gasteiger partial charge in [-0.1, -0.05) is 0 Å². The maximum absolute atomic E-state index is 11.8. The summed E-state index contributed by atoms with van der Waals surface area (Å²) in [5.74, 6) is 0.0202. The van der Waals surface area contributed by atoms with Crippen molar-refractivity contribution in [2.75, 3.05) is 14.2 Å². The lowest BCUT2D eigenvalue weighted by molar-refractivity contribution is -0.0993. The van der Waals surface area contributed by atoms with Gasteiger partial charge in [0.05, 0.1) is 22.0 Å². The first-order valence-electron chi connectivity index (χ1n) is 4.61. The number of hydrogen-bond donors (Lipinski definition) is 0. The molecule has 0 aliphatic carbocycles. The first-order chi connectivity index (χ1) is 7.08. The molecule has 1 rings (SSSR count). The molecule has 0 fully saturated rings. The van der Waals surface area contributed by atoms with Crippen LogP contribution >= 0.6 is 11.3 Å². The number of aryl methyl sites for hydroxylation is 2. The van der Waals surface area contributed by atoms with E-state index in [1.165, 1.54) is 25.6 Å². The van der Waals surface area contributed by atoms with Gasteiger partial charge in [0.15, 0.2) is 12.1 Å². The van der Waals surface area contributed by atoms with Gasteiger partial charge in [-0.25, -0.2) is 4.98 Å². The van der Waals surface area contributed by atoms with Crippen LogP contribution in [-0.2, 0) is 9.47 Å². The molecule has 0 unspecified atom stereocenters. The van der Waals surface area contributed by atoms with E-state index in [0.717, 1.165) is 10.7 Å². The number of rotatable bonds is 5. The predicted octanol–water partition coefficient (Wildman–Crippen LogP) is 1.95. The van der Waals surface area contributed by atoms with Crippen LogP contribution < -0.4 is 0 Å². The van der Waals surface area contributed by atoms with Crippen molar-refractivity contribution in [3.63, 3.8) is 0 Å². The molecule has 1 aromatic heterocycles. The summed E-state index contributed by atoms with van der Waals surface area (Å²) in [5, 5.41) is 0.905. The van der Waals surface area contributed by atoms with Crippen LogP contribution in [-0.4, -0.2) is 31.3 Å². The molecule has 1 aromatic rings. The largest absolute Gasteiger partial charge is 0.355 e. The first kappa shape index (κ1) is 12.3. The molecule has 0 aliphatic rings. The topological polar surface area (TPSA) is 48.4 Å². The van der Waals surface area contributed by atoms with Crippen molar-refractivity contribution in [1.82, 2.24) is 4.98 Å². The molecule has 5 heteroatoms. The fourth-order valence-corrected chi connectivity index (χ4v) is 2.17. The van der Waals surface area contributed by atoms with Gasteiger partial charge in [0, 0.05) is 14.2 Å². The lowest BCUT2D eigenvalue weighted by Gasteiger charge is -2.11. The second-order valence-corrected chi connectivity index (χ2v) is 4.38. The third kappa shape index (κ3) is 3.09. The first-order valence-corrected chi connectivity index (χ1v) is 5.43. The molecule has 0 saturated carbocycles. The number of thiazole rings is 1. The highest BCUT2D eigenvalue weighted by Crippen LogP contribution is 2.20. The number of aromatic nitrogens is 1. The Labute approximate surface area is 93.2 Å². The molecule has 0 bridgehead atoms. The number of methoxy groups -OCH3 is 2. The highest BCUT2D eigenvalue weighted by atomic mass is 32.1. The summed E-state index contributed by atoms with van der Waals surface area (Å²) in [7, 11) is 3.04. The number of ketones is 1. The van der Waals surface area contributed by atoms with E-state index in [1.807, 2.05) is 13.8 Å². The van der Waals surface area contributed by atoms with E-state index >= 15 is 0 Å². The number of carbonyl (C=O) groups excluding carboxylic acids is 1. The average Bonchev–Trinajstić information content (AvgIpc) is 2.54. The minimum atomic E-state index is -0.473. The summed E-state index contributed by atoms with van der Waals surface area (Å²) in [5.41, 5.74) is 0.786. The molecule has 1 heterocycles. The van der Waals surface area contributed by atoms with Gasteiger partial charge in [0.1, 0.15) is 0 Å². The Morgan fingerprint density at radius 3 is 2.40 bits per heavy atom. The third-order valence-electron chi connectivity index (χ3n) is 2.03. The number of Topliss-reactive ketones (excluding diaryl/α,β-unsaturated/α-hetero) is 1. The average molecular weight is 229 g/mol. The summed E-state index contributed by atoms with van der Waals surface area (Å²) in [4.78, 5) is 16.7. The van der Waals surface area contributed by atoms with Crippen LogP contribution in [0.2, 0.25) is 0 Å². The molecule has 0 aliphatic heterocycles. The number of carbonyl (C=O) groups is 1. The van der Waals surface area contributed by atoms with Gasteiger partial charge in [-0.15, -0.1) is 11.3 Å². The maximum atomic E-state index is 11.8. The van der Waals surface area contributed by atoms with Crippen molar-refractivity contribution < 1.29 is 14.3 Å². The monoisotopic (exact) mass is 229 g/mol. The van der Waals surface area contributed by atoms with Gasteiger partial charge >= 0.3 is 0 Å². The predicted molar refractivity (Wildman–Crippen MR) is 58.3 cm³/mol. The standard InChI is InChI=1S/C10H15NO3S/c1-6-10(15-7(2)11-6)8(12)5-9(13-3)14-4/h9H,5H2,1-4H3. The molecule has 0 atom stereocenters. The van der Waals surface area contributed by atoms with Gasteiger partial charge in [0.2, 0.25) is 0 Å². The van der Waals surface area contributed by atoms with Gasteiger partial charge in [-0.05, 0) is 13.8 Å². The van der Waals surface area contributed by atoms with E-state index in [2.05, 4.69) is 4.98 Å². The van der Waals surface area contributed by atoms with Crippen molar-refractivity contribution in [2.24, 2.45) is 0 Å². The van der Waals surface area contributed by atoms with E-state index < -0.39 is 6.29 Å². The van der Waals surface area contributed by atoms with Gasteiger partial charge in [0.25, 0.3) is 0 Å². The molecule has 4 nitrogen and oxygen atoms in total. The smallest absolute Gasteiger partial charge is 0.179 e. The van der Waals surface area contributed by atoms with E-state index in [-0.39, 0.29) is 12.2 Å². The SMILES string of the molecule is COC(CC(=O)c1sc(C)nc1C)OC. The Balaban J connectivity index is 2.72. The molecule has 0 aromatic carbocycles. The third-order valence-corrected chi connectivity index (χ3v) is 3.15. The number of ether oxygens (including phenoxy) is 2. The Hall–Kier alpha value is -0.780. The molecule has 0 radical (unpaired) electrons. The second-order valence-electron chi connectivity index (χ2n) is 3.18. The lowest BCUT2D eigenvalue weighted by atomic mass is 10.2. The van der Waals surface area contributed by atoms with Crippen molar-refractivity contribution in [3.05, 3.63) is 15.6 Å². The second kappa shape index (κ2) is 5.34. The maximum Gasteiger partial charge on any atom is 0.179 e. The highest BCUT2D eigenvalue weighted by Gasteiger charge is 2.18. The molecule has 0 saturated heterocycles. The van der Waals surface area contributed by atoms with Crippen LogP contribution in [0.4, 0.5) is 0 Å². The van der Waals surface area contributed by atoms with Crippen LogP contribution in [0.1, 0.15) is 26.8 Å². The fraction of sp³-hybridized carbons (Fsp3) is 0.600. The molecule has 0 spiro atoms. The zero-order valence-corrected chi connectivity index (χ0v) is 10.2. The Morgan fingerprint density at radius 2 is 2.00 bits per heavy atom. The molecule has 0 N–H and O–H groups in total. The Bertz CT molecular complexity index is 344. The van der Waals surface area contributed by atoms with E-state index in [9.17, 15) is 4.79 Å². The lowest BCUT2D eigenvalue weighted by Crippen LogP contribution is -2.18. The zero-order valence-electron chi connectivity index (χ0n) is 9.36. The Kier molecular flexibility index (Phi) is 4.38. The van der Waals surface area contributed by atoms with Crippen molar-refractivity contribution in [2.45, 2.75) is 26.6 Å². The van der Waals surface area contributed by atoms with E-state index in [1.54, 1.807) is 0 Å². The number of nitrogens with zero attached hydrogens (tertiary/aromatic N) is 1. The van der Waals surface area contributed by atoms with Gasteiger partial charge in [-0.3, -0.25) is 4.79 Å². The van der Waals surface area contributed by atoms with E-state index in [0.29, 0.717) is 4.88 Å². The van der Waals surface area contributed by atoms with Gasteiger partial charge in [-0.2, -0.15) is 0 Å². The molecular formula is C10H15NO3S. The zero-order chi connectivity index (χ0) is 11.4. The van der Waals surface area contributed by atoms with Crippen molar-refractivity contribution in [3.8, 4) is 0 Å². The number of hydrogen-bond acceptors (Lipinski definition) is 5. The molecule has 0 amide bonds. The van der Waals surface area contributed by atoms with Crippen LogP contribution in [0.25, 0.3) is 0 Å². The van der Waals surface area contributed by atoms with Crippen LogP contribution in [0.3, 0.4) is 0 Å². The summed E-state index contributed by atoms with van der Waals surface area (Å²) in [6.07, 6.45) is -0.241. The summed E-state index contributed by atoms with van der Waals surface area (Å²) < 4.78 is 9.96. The molecule has 15 heavy (non-hydrogen) atoms. The van der Waals surface area contributed by atoms with Crippen LogP contribution in [0, 0.1) is 13.8 Å². The fourth-order valence-electron chi connectivity index (χ4n) is 1.30. The minimum absolute atomic E-state index is 0.0202. The normalized spacial score (nSPS) is 11.0. The quantitative estimate of drug-likeness (QED) is 0.572.